The van der Waals surface area contributed by atoms with E-state index in [9.17, 15) is 4.79 Å². The molecule has 1 heterocycles. The van der Waals surface area contributed by atoms with Gasteiger partial charge < -0.3 is 10.2 Å². The van der Waals surface area contributed by atoms with Crippen molar-refractivity contribution in [3.63, 3.8) is 0 Å². The molecule has 0 spiro atoms. The maximum absolute atomic E-state index is 12.3. The molecule has 1 saturated heterocycles. The SMILES string of the molecule is CN1CCN(Cc2ccccc2CNC(=O)c2cccc(Cl)c2)CC1. The lowest BCUT2D eigenvalue weighted by atomic mass is 10.1. The van der Waals surface area contributed by atoms with Crippen molar-refractivity contribution in [3.05, 3.63) is 70.2 Å². The summed E-state index contributed by atoms with van der Waals surface area (Å²) >= 11 is 5.96. The predicted molar refractivity (Wildman–Crippen MR) is 102 cm³/mol. The second-order valence-corrected chi connectivity index (χ2v) is 6.98. The lowest BCUT2D eigenvalue weighted by Gasteiger charge is -2.32. The van der Waals surface area contributed by atoms with Crippen LogP contribution in [0.25, 0.3) is 0 Å². The minimum absolute atomic E-state index is 0.100. The van der Waals surface area contributed by atoms with Gasteiger partial charge in [0.15, 0.2) is 0 Å². The first kappa shape index (κ1) is 17.9. The fraction of sp³-hybridized carbons (Fsp3) is 0.350. The number of hydrogen-bond acceptors (Lipinski definition) is 3. The highest BCUT2D eigenvalue weighted by atomic mass is 35.5. The van der Waals surface area contributed by atoms with E-state index in [4.69, 9.17) is 11.6 Å². The summed E-state index contributed by atoms with van der Waals surface area (Å²) in [5.74, 6) is -0.100. The van der Waals surface area contributed by atoms with Crippen LogP contribution in [-0.2, 0) is 13.1 Å². The zero-order chi connectivity index (χ0) is 17.6. The van der Waals surface area contributed by atoms with Crippen molar-refractivity contribution in [1.82, 2.24) is 15.1 Å². The lowest BCUT2D eigenvalue weighted by Crippen LogP contribution is -2.44. The zero-order valence-corrected chi connectivity index (χ0v) is 15.3. The number of carbonyl (C=O) groups is 1. The molecule has 1 fully saturated rings. The van der Waals surface area contributed by atoms with Gasteiger partial charge in [-0.25, -0.2) is 0 Å². The third kappa shape index (κ3) is 5.05. The molecule has 1 aliphatic rings. The number of amides is 1. The Kier molecular flexibility index (Phi) is 6.08. The molecule has 2 aromatic carbocycles. The molecule has 0 radical (unpaired) electrons. The van der Waals surface area contributed by atoms with E-state index in [0.29, 0.717) is 17.1 Å². The molecule has 0 aromatic heterocycles. The molecule has 0 atom stereocenters. The van der Waals surface area contributed by atoms with Gasteiger partial charge in [-0.2, -0.15) is 0 Å². The summed E-state index contributed by atoms with van der Waals surface area (Å²) in [5, 5.41) is 3.58. The zero-order valence-electron chi connectivity index (χ0n) is 14.5. The molecule has 0 unspecified atom stereocenters. The van der Waals surface area contributed by atoms with Crippen molar-refractivity contribution in [2.75, 3.05) is 33.2 Å². The summed E-state index contributed by atoms with van der Waals surface area (Å²) in [6, 6.07) is 15.3. The maximum atomic E-state index is 12.3. The number of hydrogen-bond donors (Lipinski definition) is 1. The maximum Gasteiger partial charge on any atom is 0.251 e. The fourth-order valence-electron chi connectivity index (χ4n) is 3.04. The normalized spacial score (nSPS) is 15.9. The molecule has 3 rings (SSSR count). The first-order valence-electron chi connectivity index (χ1n) is 8.63. The number of likely N-dealkylation sites (N-methyl/N-ethyl adjacent to an activating group) is 1. The van der Waals surface area contributed by atoms with Crippen LogP contribution in [0, 0.1) is 0 Å². The monoisotopic (exact) mass is 357 g/mol. The van der Waals surface area contributed by atoms with E-state index in [0.717, 1.165) is 38.3 Å². The Morgan fingerprint density at radius 2 is 1.76 bits per heavy atom. The number of halogens is 1. The Balaban J connectivity index is 1.62. The average molecular weight is 358 g/mol. The van der Waals surface area contributed by atoms with Crippen molar-refractivity contribution in [3.8, 4) is 0 Å². The minimum Gasteiger partial charge on any atom is -0.348 e. The van der Waals surface area contributed by atoms with E-state index in [1.165, 1.54) is 5.56 Å². The molecule has 0 saturated carbocycles. The molecule has 4 nitrogen and oxygen atoms in total. The molecule has 25 heavy (non-hydrogen) atoms. The van der Waals surface area contributed by atoms with Gasteiger partial charge >= 0.3 is 0 Å². The van der Waals surface area contributed by atoms with E-state index in [1.807, 2.05) is 6.07 Å². The van der Waals surface area contributed by atoms with Gasteiger partial charge in [-0.15, -0.1) is 0 Å². The van der Waals surface area contributed by atoms with E-state index in [-0.39, 0.29) is 5.91 Å². The topological polar surface area (TPSA) is 35.6 Å². The fourth-order valence-corrected chi connectivity index (χ4v) is 3.23. The third-order valence-electron chi connectivity index (χ3n) is 4.63. The number of carbonyl (C=O) groups excluding carboxylic acids is 1. The molecular weight excluding hydrogens is 334 g/mol. The molecule has 1 amide bonds. The van der Waals surface area contributed by atoms with Crippen molar-refractivity contribution >= 4 is 17.5 Å². The van der Waals surface area contributed by atoms with Crippen LogP contribution in [0.15, 0.2) is 48.5 Å². The quantitative estimate of drug-likeness (QED) is 0.893. The average Bonchev–Trinajstić information content (AvgIpc) is 2.62. The summed E-state index contributed by atoms with van der Waals surface area (Å²) in [4.78, 5) is 17.1. The van der Waals surface area contributed by atoms with Crippen molar-refractivity contribution in [1.29, 1.82) is 0 Å². The van der Waals surface area contributed by atoms with E-state index >= 15 is 0 Å². The summed E-state index contributed by atoms with van der Waals surface area (Å²) in [6.45, 7) is 5.83. The smallest absolute Gasteiger partial charge is 0.251 e. The van der Waals surface area contributed by atoms with Crippen molar-refractivity contribution in [2.45, 2.75) is 13.1 Å². The number of benzene rings is 2. The van der Waals surface area contributed by atoms with E-state index in [1.54, 1.807) is 24.3 Å². The van der Waals surface area contributed by atoms with Gasteiger partial charge in [-0.1, -0.05) is 41.9 Å². The van der Waals surface area contributed by atoms with Crippen molar-refractivity contribution < 1.29 is 4.79 Å². The van der Waals surface area contributed by atoms with Gasteiger partial charge in [0, 0.05) is 49.9 Å². The predicted octanol–water partition coefficient (Wildman–Crippen LogP) is 3.02. The Bertz CT molecular complexity index is 726. The summed E-state index contributed by atoms with van der Waals surface area (Å²) in [7, 11) is 2.16. The van der Waals surface area contributed by atoms with Crippen LogP contribution in [0.4, 0.5) is 0 Å². The summed E-state index contributed by atoms with van der Waals surface area (Å²) in [5.41, 5.74) is 3.03. The van der Waals surface area contributed by atoms with Gasteiger partial charge in [-0.3, -0.25) is 9.69 Å². The van der Waals surface area contributed by atoms with E-state index in [2.05, 4.69) is 40.4 Å². The summed E-state index contributed by atoms with van der Waals surface area (Å²) in [6.07, 6.45) is 0. The molecule has 1 aliphatic heterocycles. The second-order valence-electron chi connectivity index (χ2n) is 6.54. The first-order chi connectivity index (χ1) is 12.1. The molecule has 0 bridgehead atoms. The Morgan fingerprint density at radius 1 is 1.04 bits per heavy atom. The van der Waals surface area contributed by atoms with Crippen molar-refractivity contribution in [2.24, 2.45) is 0 Å². The Labute approximate surface area is 154 Å². The second kappa shape index (κ2) is 8.48. The highest BCUT2D eigenvalue weighted by molar-refractivity contribution is 6.30. The number of piperazine rings is 1. The molecule has 132 valence electrons. The number of rotatable bonds is 5. The van der Waals surface area contributed by atoms with Crippen LogP contribution < -0.4 is 5.32 Å². The van der Waals surface area contributed by atoms with Crippen LogP contribution in [0.5, 0.6) is 0 Å². The Hall–Kier alpha value is -1.88. The minimum atomic E-state index is -0.100. The number of nitrogens with zero attached hydrogens (tertiary/aromatic N) is 2. The van der Waals surface area contributed by atoms with Crippen LogP contribution in [0.3, 0.4) is 0 Å². The van der Waals surface area contributed by atoms with Gasteiger partial charge in [0.2, 0.25) is 0 Å². The van der Waals surface area contributed by atoms with Crippen LogP contribution >= 0.6 is 11.6 Å². The lowest BCUT2D eigenvalue weighted by molar-refractivity contribution is 0.0950. The highest BCUT2D eigenvalue weighted by Gasteiger charge is 2.15. The molecular formula is C20H24ClN3O. The number of nitrogens with one attached hydrogen (secondary N) is 1. The molecule has 1 N–H and O–H groups in total. The largest absolute Gasteiger partial charge is 0.348 e. The molecule has 2 aromatic rings. The van der Waals surface area contributed by atoms with Crippen LogP contribution in [0.2, 0.25) is 5.02 Å². The van der Waals surface area contributed by atoms with Gasteiger partial charge in [0.05, 0.1) is 0 Å². The van der Waals surface area contributed by atoms with Gasteiger partial charge in [0.25, 0.3) is 5.91 Å². The molecule has 0 aliphatic carbocycles. The molecule has 5 heteroatoms. The van der Waals surface area contributed by atoms with Crippen LogP contribution in [-0.4, -0.2) is 48.9 Å². The van der Waals surface area contributed by atoms with Gasteiger partial charge in [-0.05, 0) is 36.4 Å². The summed E-state index contributed by atoms with van der Waals surface area (Å²) < 4.78 is 0. The Morgan fingerprint density at radius 3 is 2.48 bits per heavy atom. The van der Waals surface area contributed by atoms with E-state index < -0.39 is 0 Å². The highest BCUT2D eigenvalue weighted by Crippen LogP contribution is 2.14. The first-order valence-corrected chi connectivity index (χ1v) is 9.01. The van der Waals surface area contributed by atoms with Crippen LogP contribution in [0.1, 0.15) is 21.5 Å². The third-order valence-corrected chi connectivity index (χ3v) is 4.87. The van der Waals surface area contributed by atoms with Gasteiger partial charge in [0.1, 0.15) is 0 Å². The standard InChI is InChI=1S/C20H24ClN3O/c1-23-9-11-24(12-10-23)15-18-6-3-2-5-17(18)14-22-20(25)16-7-4-8-19(21)13-16/h2-8,13H,9-12,14-15H2,1H3,(H,22,25).